The Morgan fingerprint density at radius 2 is 2.11 bits per heavy atom. The summed E-state index contributed by atoms with van der Waals surface area (Å²) in [5.41, 5.74) is -1.06. The summed E-state index contributed by atoms with van der Waals surface area (Å²) in [5, 5.41) is 22.6. The number of nitriles is 1. The van der Waals surface area contributed by atoms with E-state index in [-0.39, 0.29) is 11.8 Å². The third-order valence-corrected chi connectivity index (χ3v) is 3.82. The van der Waals surface area contributed by atoms with E-state index >= 15 is 0 Å². The topological polar surface area (TPSA) is 73.1 Å². The maximum absolute atomic E-state index is 11.2. The molecule has 0 bridgehead atoms. The Bertz CT molecular complexity index is 453. The van der Waals surface area contributed by atoms with Crippen molar-refractivity contribution in [2.45, 2.75) is 39.2 Å². The van der Waals surface area contributed by atoms with E-state index in [0.29, 0.717) is 0 Å². The average molecular weight is 262 g/mol. The minimum absolute atomic E-state index is 0.0568. The van der Waals surface area contributed by atoms with Gasteiger partial charge in [-0.05, 0) is 31.3 Å². The third-order valence-electron chi connectivity index (χ3n) is 3.82. The van der Waals surface area contributed by atoms with Crippen LogP contribution in [-0.2, 0) is 4.79 Å². The number of hydrogen-bond acceptors (Lipinski definition) is 3. The lowest BCUT2D eigenvalue weighted by Gasteiger charge is -2.33. The number of rotatable bonds is 5. The number of carbonyl (C=O) groups excluding carboxylic acids is 1. The highest BCUT2D eigenvalue weighted by molar-refractivity contribution is 5.88. The van der Waals surface area contributed by atoms with Gasteiger partial charge in [-0.1, -0.05) is 26.0 Å². The molecule has 0 heterocycles. The molecule has 0 aliphatic heterocycles. The SMILES string of the molecule is CNC(=O)/C=C(C)\C=C\[C@@](O)(C(C)C)C1(C#N)CC1. The number of nitrogens with zero attached hydrogens (tertiary/aromatic N) is 1. The van der Waals surface area contributed by atoms with E-state index in [1.165, 1.54) is 6.08 Å². The zero-order chi connectivity index (χ0) is 14.7. The maximum atomic E-state index is 11.2. The van der Waals surface area contributed by atoms with Crippen molar-refractivity contribution in [1.29, 1.82) is 5.26 Å². The molecule has 2 N–H and O–H groups in total. The number of allylic oxidation sites excluding steroid dienone is 2. The lowest BCUT2D eigenvalue weighted by molar-refractivity contribution is -0.116. The number of carbonyl (C=O) groups is 1. The number of likely N-dealkylation sites (N-methyl/N-ethyl adjacent to an activating group) is 1. The second-order valence-electron chi connectivity index (χ2n) is 5.51. The fourth-order valence-corrected chi connectivity index (χ4v) is 2.22. The standard InChI is InChI=1S/C15H22N2O2/c1-11(2)15(19,14(10-16)7-8-14)6-5-12(3)9-13(18)17-4/h5-6,9,11,19H,7-8H2,1-4H3,(H,17,18)/b6-5+,12-9-/t15-/m1/s1. The number of amides is 1. The molecule has 1 amide bonds. The van der Waals surface area contributed by atoms with Gasteiger partial charge in [-0.3, -0.25) is 4.79 Å². The monoisotopic (exact) mass is 262 g/mol. The van der Waals surface area contributed by atoms with Gasteiger partial charge in [0.2, 0.25) is 5.91 Å². The molecule has 1 rings (SSSR count). The Labute approximate surface area is 114 Å². The van der Waals surface area contributed by atoms with E-state index in [0.717, 1.165) is 18.4 Å². The van der Waals surface area contributed by atoms with Crippen molar-refractivity contribution in [3.05, 3.63) is 23.8 Å². The largest absolute Gasteiger partial charge is 0.384 e. The second-order valence-corrected chi connectivity index (χ2v) is 5.51. The Morgan fingerprint density at radius 3 is 2.47 bits per heavy atom. The van der Waals surface area contributed by atoms with Crippen molar-refractivity contribution in [3.63, 3.8) is 0 Å². The summed E-state index contributed by atoms with van der Waals surface area (Å²) in [6.45, 7) is 5.59. The third kappa shape index (κ3) is 3.05. The van der Waals surface area contributed by atoms with Crippen molar-refractivity contribution in [1.82, 2.24) is 5.32 Å². The molecule has 19 heavy (non-hydrogen) atoms. The molecule has 0 unspecified atom stereocenters. The van der Waals surface area contributed by atoms with Crippen LogP contribution in [0.1, 0.15) is 33.6 Å². The molecule has 104 valence electrons. The first kappa shape index (κ1) is 15.5. The highest BCUT2D eigenvalue weighted by Crippen LogP contribution is 2.56. The van der Waals surface area contributed by atoms with Gasteiger partial charge >= 0.3 is 0 Å². The predicted molar refractivity (Wildman–Crippen MR) is 74.0 cm³/mol. The molecular formula is C15H22N2O2. The highest BCUT2D eigenvalue weighted by atomic mass is 16.3. The fourth-order valence-electron chi connectivity index (χ4n) is 2.22. The number of hydrogen-bond donors (Lipinski definition) is 2. The van der Waals surface area contributed by atoms with Crippen molar-refractivity contribution in [3.8, 4) is 6.07 Å². The molecule has 1 aliphatic rings. The molecule has 4 heteroatoms. The molecule has 0 aromatic rings. The maximum Gasteiger partial charge on any atom is 0.243 e. The van der Waals surface area contributed by atoms with Gasteiger partial charge in [0.25, 0.3) is 0 Å². The lowest BCUT2D eigenvalue weighted by atomic mass is 9.76. The quantitative estimate of drug-likeness (QED) is 0.587. The fraction of sp³-hybridized carbons (Fsp3) is 0.600. The molecule has 0 aromatic carbocycles. The number of nitrogens with one attached hydrogen (secondary N) is 1. The molecule has 0 radical (unpaired) electrons. The first-order chi connectivity index (χ1) is 8.81. The van der Waals surface area contributed by atoms with E-state index in [1.54, 1.807) is 26.1 Å². The smallest absolute Gasteiger partial charge is 0.243 e. The summed E-state index contributed by atoms with van der Waals surface area (Å²) in [7, 11) is 1.56. The molecule has 1 fully saturated rings. The van der Waals surface area contributed by atoms with Gasteiger partial charge in [0.15, 0.2) is 0 Å². The van der Waals surface area contributed by atoms with Crippen molar-refractivity contribution in [2.75, 3.05) is 7.05 Å². The summed E-state index contributed by atoms with van der Waals surface area (Å²) in [4.78, 5) is 11.2. The van der Waals surface area contributed by atoms with Crippen molar-refractivity contribution in [2.24, 2.45) is 11.3 Å². The molecule has 0 saturated heterocycles. The van der Waals surface area contributed by atoms with Crippen LogP contribution >= 0.6 is 0 Å². The summed E-state index contributed by atoms with van der Waals surface area (Å²) >= 11 is 0. The molecule has 1 atom stereocenters. The van der Waals surface area contributed by atoms with Crippen LogP contribution in [0.25, 0.3) is 0 Å². The number of aliphatic hydroxyl groups is 1. The predicted octanol–water partition coefficient (Wildman–Crippen LogP) is 1.93. The van der Waals surface area contributed by atoms with Gasteiger partial charge in [-0.25, -0.2) is 0 Å². The van der Waals surface area contributed by atoms with Crippen LogP contribution in [0.5, 0.6) is 0 Å². The Hall–Kier alpha value is -1.60. The highest BCUT2D eigenvalue weighted by Gasteiger charge is 2.59. The van der Waals surface area contributed by atoms with Gasteiger partial charge in [-0.2, -0.15) is 5.26 Å². The van der Waals surface area contributed by atoms with E-state index in [9.17, 15) is 15.2 Å². The van der Waals surface area contributed by atoms with Crippen molar-refractivity contribution >= 4 is 5.91 Å². The van der Waals surface area contributed by atoms with Crippen LogP contribution in [-0.4, -0.2) is 23.7 Å². The first-order valence-corrected chi connectivity index (χ1v) is 6.54. The van der Waals surface area contributed by atoms with Gasteiger partial charge < -0.3 is 10.4 Å². The van der Waals surface area contributed by atoms with E-state index < -0.39 is 11.0 Å². The zero-order valence-electron chi connectivity index (χ0n) is 12.0. The van der Waals surface area contributed by atoms with E-state index in [2.05, 4.69) is 11.4 Å². The Morgan fingerprint density at radius 1 is 1.53 bits per heavy atom. The first-order valence-electron chi connectivity index (χ1n) is 6.54. The Balaban J connectivity index is 2.96. The van der Waals surface area contributed by atoms with Crippen LogP contribution < -0.4 is 5.32 Å². The summed E-state index contributed by atoms with van der Waals surface area (Å²) in [5.74, 6) is -0.240. The molecule has 1 saturated carbocycles. The van der Waals surface area contributed by atoms with Crippen molar-refractivity contribution < 1.29 is 9.90 Å². The van der Waals surface area contributed by atoms with E-state index in [4.69, 9.17) is 0 Å². The minimum Gasteiger partial charge on any atom is -0.384 e. The summed E-state index contributed by atoms with van der Waals surface area (Å²) < 4.78 is 0. The average Bonchev–Trinajstić information content (AvgIpc) is 3.16. The van der Waals surface area contributed by atoms with Crippen LogP contribution in [0.15, 0.2) is 23.8 Å². The van der Waals surface area contributed by atoms with Gasteiger partial charge in [0.1, 0.15) is 5.60 Å². The van der Waals surface area contributed by atoms with Gasteiger partial charge in [0, 0.05) is 13.1 Å². The summed E-state index contributed by atoms with van der Waals surface area (Å²) in [6.07, 6.45) is 6.29. The minimum atomic E-state index is -1.14. The lowest BCUT2D eigenvalue weighted by Crippen LogP contribution is -2.42. The van der Waals surface area contributed by atoms with Gasteiger partial charge in [-0.15, -0.1) is 0 Å². The van der Waals surface area contributed by atoms with E-state index in [1.807, 2.05) is 13.8 Å². The summed E-state index contributed by atoms with van der Waals surface area (Å²) in [6, 6.07) is 2.25. The van der Waals surface area contributed by atoms with Crippen LogP contribution in [0.2, 0.25) is 0 Å². The molecule has 4 nitrogen and oxygen atoms in total. The van der Waals surface area contributed by atoms with Crippen LogP contribution in [0.4, 0.5) is 0 Å². The Kier molecular flexibility index (Phi) is 4.54. The molecule has 1 aliphatic carbocycles. The van der Waals surface area contributed by atoms with Crippen LogP contribution in [0, 0.1) is 22.7 Å². The molecule has 0 aromatic heterocycles. The second kappa shape index (κ2) is 5.58. The molecular weight excluding hydrogens is 240 g/mol. The normalized spacial score (nSPS) is 21.0. The van der Waals surface area contributed by atoms with Crippen LogP contribution in [0.3, 0.4) is 0 Å². The zero-order valence-corrected chi connectivity index (χ0v) is 12.0. The molecule has 0 spiro atoms. The van der Waals surface area contributed by atoms with Gasteiger partial charge in [0.05, 0.1) is 11.5 Å².